The molecule has 1 amide bonds. The van der Waals surface area contributed by atoms with Crippen molar-refractivity contribution in [3.05, 3.63) is 17.7 Å². The van der Waals surface area contributed by atoms with Crippen LogP contribution < -0.4 is 14.2 Å². The highest BCUT2D eigenvalue weighted by atomic mass is 16.5. The molecule has 35 heavy (non-hydrogen) atoms. The second-order valence-electron chi connectivity index (χ2n) is 10.3. The summed E-state index contributed by atoms with van der Waals surface area (Å²) in [6.45, 7) is 13.8. The van der Waals surface area contributed by atoms with Crippen LogP contribution in [0.5, 0.6) is 17.2 Å². The molecule has 2 atom stereocenters. The van der Waals surface area contributed by atoms with E-state index in [9.17, 15) is 9.90 Å². The highest BCUT2D eigenvalue weighted by Crippen LogP contribution is 2.38. The third-order valence-corrected chi connectivity index (χ3v) is 5.61. The molecule has 200 valence electrons. The van der Waals surface area contributed by atoms with E-state index in [4.69, 9.17) is 23.7 Å². The van der Waals surface area contributed by atoms with Gasteiger partial charge in [-0.15, -0.1) is 0 Å². The Balaban J connectivity index is 2.12. The molecule has 1 aromatic carbocycles. The van der Waals surface area contributed by atoms with Crippen LogP contribution in [0.3, 0.4) is 0 Å². The van der Waals surface area contributed by atoms with Gasteiger partial charge in [-0.3, -0.25) is 9.69 Å². The largest absolute Gasteiger partial charge is 0.493 e. The molecule has 9 heteroatoms. The summed E-state index contributed by atoms with van der Waals surface area (Å²) < 4.78 is 28.0. The number of aliphatic hydroxyl groups excluding tert-OH is 1. The van der Waals surface area contributed by atoms with Gasteiger partial charge in [-0.2, -0.15) is 0 Å². The van der Waals surface area contributed by atoms with E-state index in [1.807, 2.05) is 25.7 Å². The lowest BCUT2D eigenvalue weighted by molar-refractivity contribution is -0.0783. The van der Waals surface area contributed by atoms with Crippen LogP contribution in [0.15, 0.2) is 12.1 Å². The lowest BCUT2D eigenvalue weighted by Gasteiger charge is -2.37. The number of carbonyl (C=O) groups excluding carboxylic acids is 1. The highest BCUT2D eigenvalue weighted by molar-refractivity contribution is 5.95. The van der Waals surface area contributed by atoms with E-state index in [0.29, 0.717) is 55.6 Å². The molecule has 0 unspecified atom stereocenters. The number of ether oxygens (including phenoxy) is 5. The standard InChI is InChI=1S/C26H44N2O7/c1-18(2)13-28(25(30)19-11-22(31-6)24(33-8)23(12-19)32-7)16-21-15-27(9-10-34-21)14-20(29)17-35-26(3,4)5/h11-12,18,20-21,29H,9-10,13-17H2,1-8H3/t20-,21-/m0/s1. The third kappa shape index (κ3) is 9.14. The molecular weight excluding hydrogens is 452 g/mol. The third-order valence-electron chi connectivity index (χ3n) is 5.61. The van der Waals surface area contributed by atoms with Gasteiger partial charge in [0.1, 0.15) is 0 Å². The minimum Gasteiger partial charge on any atom is -0.493 e. The summed E-state index contributed by atoms with van der Waals surface area (Å²) >= 11 is 0. The minimum absolute atomic E-state index is 0.128. The maximum absolute atomic E-state index is 13.6. The van der Waals surface area contributed by atoms with Crippen molar-refractivity contribution in [2.75, 3.05) is 67.3 Å². The number of morpholine rings is 1. The molecule has 0 saturated carbocycles. The zero-order valence-corrected chi connectivity index (χ0v) is 22.6. The van der Waals surface area contributed by atoms with Gasteiger partial charge in [-0.1, -0.05) is 13.8 Å². The zero-order chi connectivity index (χ0) is 26.2. The van der Waals surface area contributed by atoms with Crippen LogP contribution in [0.1, 0.15) is 45.0 Å². The van der Waals surface area contributed by atoms with E-state index in [1.54, 1.807) is 12.1 Å². The van der Waals surface area contributed by atoms with Gasteiger partial charge in [-0.25, -0.2) is 0 Å². The van der Waals surface area contributed by atoms with E-state index in [-0.39, 0.29) is 30.1 Å². The summed E-state index contributed by atoms with van der Waals surface area (Å²) in [4.78, 5) is 17.6. The van der Waals surface area contributed by atoms with Gasteiger partial charge in [0.25, 0.3) is 5.91 Å². The molecule has 1 saturated heterocycles. The Bertz CT molecular complexity index is 784. The van der Waals surface area contributed by atoms with Crippen molar-refractivity contribution in [3.63, 3.8) is 0 Å². The number of hydrogen-bond donors (Lipinski definition) is 1. The molecule has 1 aliphatic heterocycles. The van der Waals surface area contributed by atoms with E-state index in [1.165, 1.54) is 21.3 Å². The fourth-order valence-corrected chi connectivity index (χ4v) is 4.07. The van der Waals surface area contributed by atoms with Crippen molar-refractivity contribution in [3.8, 4) is 17.2 Å². The van der Waals surface area contributed by atoms with Gasteiger partial charge in [0.15, 0.2) is 11.5 Å². The Morgan fingerprint density at radius 3 is 2.31 bits per heavy atom. The molecule has 9 nitrogen and oxygen atoms in total. The van der Waals surface area contributed by atoms with Crippen molar-refractivity contribution in [1.29, 1.82) is 0 Å². The van der Waals surface area contributed by atoms with Gasteiger partial charge in [0.2, 0.25) is 5.75 Å². The molecule has 1 fully saturated rings. The lowest BCUT2D eigenvalue weighted by atomic mass is 10.1. The zero-order valence-electron chi connectivity index (χ0n) is 22.6. The number of amides is 1. The average Bonchev–Trinajstić information content (AvgIpc) is 2.80. The van der Waals surface area contributed by atoms with E-state index < -0.39 is 6.10 Å². The summed E-state index contributed by atoms with van der Waals surface area (Å²) in [7, 11) is 4.59. The topological polar surface area (TPSA) is 89.9 Å². The SMILES string of the molecule is COc1cc(C(=O)N(CC(C)C)C[C@@H]2CN(C[C@H](O)COC(C)(C)C)CCO2)cc(OC)c1OC. The Morgan fingerprint density at radius 2 is 1.80 bits per heavy atom. The normalized spacial score (nSPS) is 17.8. The quantitative estimate of drug-likeness (QED) is 0.473. The molecule has 0 aromatic heterocycles. The van der Waals surface area contributed by atoms with Crippen LogP contribution in [0, 0.1) is 5.92 Å². The minimum atomic E-state index is -0.583. The van der Waals surface area contributed by atoms with Gasteiger partial charge in [0, 0.05) is 38.3 Å². The Labute approximate surface area is 210 Å². The predicted molar refractivity (Wildman–Crippen MR) is 135 cm³/mol. The van der Waals surface area contributed by atoms with Crippen molar-refractivity contribution in [2.24, 2.45) is 5.92 Å². The van der Waals surface area contributed by atoms with Gasteiger partial charge in [-0.05, 0) is 38.8 Å². The number of methoxy groups -OCH3 is 3. The Kier molecular flexibility index (Phi) is 11.1. The fraction of sp³-hybridized carbons (Fsp3) is 0.731. The maximum Gasteiger partial charge on any atom is 0.254 e. The van der Waals surface area contributed by atoms with Gasteiger partial charge >= 0.3 is 0 Å². The molecule has 0 bridgehead atoms. The molecule has 0 radical (unpaired) electrons. The predicted octanol–water partition coefficient (Wildman–Crippen LogP) is 2.69. The highest BCUT2D eigenvalue weighted by Gasteiger charge is 2.28. The lowest BCUT2D eigenvalue weighted by Crippen LogP contribution is -2.51. The van der Waals surface area contributed by atoms with E-state index >= 15 is 0 Å². The molecular formula is C26H44N2O7. The van der Waals surface area contributed by atoms with Crippen molar-refractivity contribution in [1.82, 2.24) is 9.80 Å². The molecule has 1 aromatic rings. The van der Waals surface area contributed by atoms with E-state index in [2.05, 4.69) is 18.7 Å². The summed E-state index contributed by atoms with van der Waals surface area (Å²) in [5.41, 5.74) is 0.168. The van der Waals surface area contributed by atoms with Gasteiger partial charge in [0.05, 0.1) is 52.4 Å². The van der Waals surface area contributed by atoms with Crippen LogP contribution in [0.4, 0.5) is 0 Å². The first-order chi connectivity index (χ1) is 16.5. The first-order valence-corrected chi connectivity index (χ1v) is 12.2. The van der Waals surface area contributed by atoms with Crippen LogP contribution in [0.2, 0.25) is 0 Å². The summed E-state index contributed by atoms with van der Waals surface area (Å²) in [6.07, 6.45) is -0.746. The number of benzene rings is 1. The number of nitrogens with zero attached hydrogens (tertiary/aromatic N) is 2. The fourth-order valence-electron chi connectivity index (χ4n) is 4.07. The second-order valence-corrected chi connectivity index (χ2v) is 10.3. The Morgan fingerprint density at radius 1 is 1.17 bits per heavy atom. The number of hydrogen-bond acceptors (Lipinski definition) is 8. The maximum atomic E-state index is 13.6. The monoisotopic (exact) mass is 496 g/mol. The van der Waals surface area contributed by atoms with Crippen molar-refractivity contribution >= 4 is 5.91 Å². The molecule has 2 rings (SSSR count). The molecule has 0 spiro atoms. The van der Waals surface area contributed by atoms with Crippen molar-refractivity contribution < 1.29 is 33.6 Å². The van der Waals surface area contributed by atoms with Crippen LogP contribution in [-0.2, 0) is 9.47 Å². The van der Waals surface area contributed by atoms with Crippen molar-refractivity contribution in [2.45, 2.75) is 52.4 Å². The summed E-state index contributed by atoms with van der Waals surface area (Å²) in [5.74, 6) is 1.47. The van der Waals surface area contributed by atoms with Crippen LogP contribution >= 0.6 is 0 Å². The number of rotatable bonds is 12. The number of aliphatic hydroxyl groups is 1. The molecule has 1 heterocycles. The molecule has 1 N–H and O–H groups in total. The second kappa shape index (κ2) is 13.3. The molecule has 1 aliphatic rings. The summed E-state index contributed by atoms with van der Waals surface area (Å²) in [6, 6.07) is 3.35. The van der Waals surface area contributed by atoms with Gasteiger partial charge < -0.3 is 33.7 Å². The summed E-state index contributed by atoms with van der Waals surface area (Å²) in [5, 5.41) is 10.4. The smallest absolute Gasteiger partial charge is 0.254 e. The molecule has 0 aliphatic carbocycles. The first-order valence-electron chi connectivity index (χ1n) is 12.2. The number of carbonyl (C=O) groups is 1. The number of β-amino-alcohol motifs (C(OH)–C–C–N with tert-alkyl or cyclic N) is 1. The Hall–Kier alpha value is -2.07. The average molecular weight is 497 g/mol. The van der Waals surface area contributed by atoms with Crippen LogP contribution in [0.25, 0.3) is 0 Å². The van der Waals surface area contributed by atoms with Crippen LogP contribution in [-0.4, -0.2) is 106 Å². The first kappa shape index (κ1) is 29.2. The van der Waals surface area contributed by atoms with E-state index in [0.717, 1.165) is 6.54 Å².